The Bertz CT molecular complexity index is 762. The van der Waals surface area contributed by atoms with Gasteiger partial charge in [0.2, 0.25) is 0 Å². The summed E-state index contributed by atoms with van der Waals surface area (Å²) in [6, 6.07) is 7.29. The van der Waals surface area contributed by atoms with Gasteiger partial charge in [0.05, 0.1) is 0 Å². The molecule has 8 heteroatoms. The molecule has 0 aliphatic rings. The molecule has 0 aliphatic heterocycles. The summed E-state index contributed by atoms with van der Waals surface area (Å²) in [6.07, 6.45) is -5.06. The predicted octanol–water partition coefficient (Wildman–Crippen LogP) is 2.15. The summed E-state index contributed by atoms with van der Waals surface area (Å²) in [6.45, 7) is 2.44. The zero-order chi connectivity index (χ0) is 17.3. The zero-order valence-electron chi connectivity index (χ0n) is 12.7. The van der Waals surface area contributed by atoms with Crippen molar-refractivity contribution in [3.63, 3.8) is 0 Å². The van der Waals surface area contributed by atoms with Gasteiger partial charge in [0.15, 0.2) is 0 Å². The summed E-state index contributed by atoms with van der Waals surface area (Å²) in [4.78, 5) is 23.8. The van der Waals surface area contributed by atoms with Gasteiger partial charge in [0.25, 0.3) is 0 Å². The monoisotopic (exact) mass is 394 g/mol. The molecule has 0 saturated heterocycles. The normalized spacial score (nSPS) is 12.6. The van der Waals surface area contributed by atoms with Crippen LogP contribution in [0.1, 0.15) is 20.3 Å². The van der Waals surface area contributed by atoms with Crippen LogP contribution >= 0.6 is 0 Å². The first kappa shape index (κ1) is 17.8. The van der Waals surface area contributed by atoms with Crippen LogP contribution in [0.3, 0.4) is 0 Å². The van der Waals surface area contributed by atoms with Gasteiger partial charge in [0, 0.05) is 0 Å². The Morgan fingerprint density at radius 1 is 1.26 bits per heavy atom. The number of rotatable bonds is 5. The van der Waals surface area contributed by atoms with E-state index in [0.29, 0.717) is 11.9 Å². The second-order valence-corrected chi connectivity index (χ2v) is 8.13. The van der Waals surface area contributed by atoms with Crippen molar-refractivity contribution in [3.8, 4) is 0 Å². The van der Waals surface area contributed by atoms with E-state index in [-0.39, 0.29) is 26.8 Å². The third kappa shape index (κ3) is 4.06. The number of hydrogen-bond acceptors (Lipinski definition) is 2. The molecule has 1 aromatic carbocycles. The molecule has 2 rings (SSSR count). The van der Waals surface area contributed by atoms with E-state index < -0.39 is 23.9 Å². The van der Waals surface area contributed by atoms with Crippen molar-refractivity contribution in [2.45, 2.75) is 33.0 Å². The average molecular weight is 393 g/mol. The van der Waals surface area contributed by atoms with Crippen molar-refractivity contribution >= 4 is 30.3 Å². The van der Waals surface area contributed by atoms with Crippen molar-refractivity contribution in [2.75, 3.05) is 6.54 Å². The van der Waals surface area contributed by atoms with Crippen molar-refractivity contribution in [1.29, 1.82) is 0 Å². The Kier molecular flexibility index (Phi) is 5.06. The molecule has 0 bridgehead atoms. The van der Waals surface area contributed by atoms with Crippen LogP contribution in [-0.2, 0) is 11.3 Å². The van der Waals surface area contributed by atoms with Gasteiger partial charge in [-0.2, -0.15) is 0 Å². The van der Waals surface area contributed by atoms with Crippen molar-refractivity contribution in [2.24, 2.45) is 5.41 Å². The molecule has 2 aromatic rings. The summed E-state index contributed by atoms with van der Waals surface area (Å²) < 4.78 is 40.8. The molecule has 0 fully saturated rings. The summed E-state index contributed by atoms with van der Waals surface area (Å²) in [5.74, 6) is -0.663. The van der Waals surface area contributed by atoms with E-state index in [1.807, 2.05) is 12.1 Å². The Morgan fingerprint density at radius 2 is 1.91 bits per heavy atom. The molecule has 1 amide bonds. The fraction of sp³-hybridized carbons (Fsp3) is 0.467. The number of aromatic nitrogens is 1. The molecule has 0 spiro atoms. The molecule has 0 saturated carbocycles. The Balaban J connectivity index is 1.93. The number of amides is 1. The summed E-state index contributed by atoms with van der Waals surface area (Å²) in [7, 11) is 0. The average Bonchev–Trinajstić information content (AvgIpc) is 2.74. The number of nitrogens with one attached hydrogen (secondary N) is 1. The predicted molar refractivity (Wildman–Crippen MR) is 82.6 cm³/mol. The van der Waals surface area contributed by atoms with Gasteiger partial charge in [-0.1, -0.05) is 0 Å². The van der Waals surface area contributed by atoms with Crippen LogP contribution in [0.15, 0.2) is 29.1 Å². The number of benzene rings is 1. The molecule has 0 radical (unpaired) electrons. The van der Waals surface area contributed by atoms with Gasteiger partial charge >= 0.3 is 137 Å². The first-order valence-electron chi connectivity index (χ1n) is 7.04. The van der Waals surface area contributed by atoms with E-state index in [9.17, 15) is 22.8 Å². The van der Waals surface area contributed by atoms with Crippen molar-refractivity contribution in [3.05, 3.63) is 34.6 Å². The number of alkyl halides is 3. The minimum atomic E-state index is -4.43. The van der Waals surface area contributed by atoms with E-state index in [4.69, 9.17) is 0 Å². The third-order valence-electron chi connectivity index (χ3n) is 3.56. The van der Waals surface area contributed by atoms with Gasteiger partial charge in [-0.05, 0) is 0 Å². The number of nitrogens with zero attached hydrogens (tertiary/aromatic N) is 1. The van der Waals surface area contributed by atoms with Crippen LogP contribution in [0.4, 0.5) is 13.2 Å². The van der Waals surface area contributed by atoms with E-state index in [1.54, 1.807) is 15.7 Å². The van der Waals surface area contributed by atoms with Crippen molar-refractivity contribution < 1.29 is 18.0 Å². The van der Waals surface area contributed by atoms with E-state index in [2.05, 4.69) is 5.32 Å². The molecule has 0 atom stereocenters. The first-order chi connectivity index (χ1) is 10.6. The van der Waals surface area contributed by atoms with Crippen LogP contribution in [0.25, 0.3) is 9.65 Å². The minimum absolute atomic E-state index is 0.0922. The quantitative estimate of drug-likeness (QED) is 0.792. The standard InChI is InChI=1S/C15H17F3N2O2Se/c1-14(2,15(16,17)18)9-12(21)19-7-8-20-13(22)10-5-3-4-6-11(10)23-20/h3-6H,7-9H2,1-2H3,(H,19,21). The number of carbonyl (C=O) groups excluding carboxylic acids is 1. The topological polar surface area (TPSA) is 51.1 Å². The molecule has 1 heterocycles. The van der Waals surface area contributed by atoms with Crippen LogP contribution in [0, 0.1) is 5.41 Å². The van der Waals surface area contributed by atoms with E-state index in [1.165, 1.54) is 0 Å². The molecule has 1 aromatic heterocycles. The van der Waals surface area contributed by atoms with Gasteiger partial charge in [0.1, 0.15) is 0 Å². The Labute approximate surface area is 137 Å². The summed E-state index contributed by atoms with van der Waals surface area (Å²) in [5, 5.41) is 3.13. The molecule has 23 heavy (non-hydrogen) atoms. The van der Waals surface area contributed by atoms with Gasteiger partial charge in [-0.15, -0.1) is 0 Å². The van der Waals surface area contributed by atoms with Gasteiger partial charge in [-0.3, -0.25) is 0 Å². The zero-order valence-corrected chi connectivity index (χ0v) is 14.4. The first-order valence-corrected chi connectivity index (χ1v) is 8.66. The maximum absolute atomic E-state index is 12.7. The van der Waals surface area contributed by atoms with Crippen LogP contribution in [0.2, 0.25) is 0 Å². The second-order valence-electron chi connectivity index (χ2n) is 5.90. The fourth-order valence-electron chi connectivity index (χ4n) is 2.03. The number of carbonyl (C=O) groups is 1. The SMILES string of the molecule is CC(C)(CC(=O)NCCn1[se]c2ccccc2c1=O)C(F)(F)F. The Hall–Kier alpha value is -1.53. The number of halogens is 3. The molecule has 0 unspecified atom stereocenters. The maximum atomic E-state index is 12.7. The Morgan fingerprint density at radius 3 is 2.52 bits per heavy atom. The summed E-state index contributed by atoms with van der Waals surface area (Å²) in [5.41, 5.74) is -2.16. The summed E-state index contributed by atoms with van der Waals surface area (Å²) >= 11 is -0.149. The molecule has 1 N–H and O–H groups in total. The van der Waals surface area contributed by atoms with Crippen LogP contribution in [-0.4, -0.2) is 36.9 Å². The molecule has 0 aliphatic carbocycles. The molecular weight excluding hydrogens is 376 g/mol. The molecular formula is C15H17F3N2O2Se. The molecule has 126 valence electrons. The van der Waals surface area contributed by atoms with E-state index in [0.717, 1.165) is 18.1 Å². The van der Waals surface area contributed by atoms with Crippen LogP contribution in [0.5, 0.6) is 0 Å². The van der Waals surface area contributed by atoms with Crippen LogP contribution < -0.4 is 10.9 Å². The van der Waals surface area contributed by atoms with Crippen molar-refractivity contribution in [1.82, 2.24) is 8.88 Å². The number of hydrogen-bond donors (Lipinski definition) is 1. The molecule has 4 nitrogen and oxygen atoms in total. The third-order valence-corrected chi connectivity index (χ3v) is 5.91. The van der Waals surface area contributed by atoms with Gasteiger partial charge < -0.3 is 0 Å². The van der Waals surface area contributed by atoms with E-state index >= 15 is 0 Å². The fourth-order valence-corrected chi connectivity index (χ4v) is 4.11. The number of fused-ring (bicyclic) bond motifs is 1. The second kappa shape index (κ2) is 6.53. The van der Waals surface area contributed by atoms with Gasteiger partial charge in [-0.25, -0.2) is 0 Å².